The van der Waals surface area contributed by atoms with Gasteiger partial charge in [-0.25, -0.2) is 0 Å². The van der Waals surface area contributed by atoms with E-state index < -0.39 is 0 Å². The van der Waals surface area contributed by atoms with Gasteiger partial charge >= 0.3 is 0 Å². The maximum Gasteiger partial charge on any atom is 0.170 e. The maximum absolute atomic E-state index is 5.64. The Morgan fingerprint density at radius 3 is 2.69 bits per heavy atom. The SMILES string of the molecule is Cc1cccc(OCc2nnc(C)n2C)c1. The molecule has 84 valence electrons. The average molecular weight is 217 g/mol. The zero-order chi connectivity index (χ0) is 11.5. The Kier molecular flexibility index (Phi) is 2.90. The smallest absolute Gasteiger partial charge is 0.170 e. The Bertz CT molecular complexity index is 491. The van der Waals surface area contributed by atoms with Crippen molar-refractivity contribution < 1.29 is 4.74 Å². The predicted octanol–water partition coefficient (Wildman–Crippen LogP) is 2.01. The van der Waals surface area contributed by atoms with Crippen LogP contribution in [0.3, 0.4) is 0 Å². The molecule has 0 saturated carbocycles. The number of benzene rings is 1. The standard InChI is InChI=1S/C12H15N3O/c1-9-5-4-6-11(7-9)16-8-12-14-13-10(2)15(12)3/h4-7H,8H2,1-3H3. The first-order chi connectivity index (χ1) is 7.66. The third-order valence-corrected chi connectivity index (χ3v) is 2.54. The Morgan fingerprint density at radius 2 is 2.06 bits per heavy atom. The summed E-state index contributed by atoms with van der Waals surface area (Å²) in [4.78, 5) is 0. The summed E-state index contributed by atoms with van der Waals surface area (Å²) in [6.07, 6.45) is 0. The van der Waals surface area contributed by atoms with Crippen LogP contribution in [0.15, 0.2) is 24.3 Å². The molecule has 0 atom stereocenters. The van der Waals surface area contributed by atoms with Crippen LogP contribution in [0.25, 0.3) is 0 Å². The minimum atomic E-state index is 0.445. The van der Waals surface area contributed by atoms with Crippen LogP contribution in [0.1, 0.15) is 17.2 Å². The van der Waals surface area contributed by atoms with E-state index in [0.717, 1.165) is 17.4 Å². The number of ether oxygens (including phenoxy) is 1. The molecule has 2 aromatic rings. The Hall–Kier alpha value is -1.84. The summed E-state index contributed by atoms with van der Waals surface area (Å²) >= 11 is 0. The number of nitrogens with zero attached hydrogens (tertiary/aromatic N) is 3. The molecule has 0 amide bonds. The van der Waals surface area contributed by atoms with E-state index in [9.17, 15) is 0 Å². The fraction of sp³-hybridized carbons (Fsp3) is 0.333. The Labute approximate surface area is 94.9 Å². The monoisotopic (exact) mass is 217 g/mol. The number of hydrogen-bond donors (Lipinski definition) is 0. The second-order valence-electron chi connectivity index (χ2n) is 3.83. The van der Waals surface area contributed by atoms with Crippen molar-refractivity contribution in [2.75, 3.05) is 0 Å². The Balaban J connectivity index is 2.05. The van der Waals surface area contributed by atoms with E-state index in [1.165, 1.54) is 5.56 Å². The first-order valence-electron chi connectivity index (χ1n) is 5.21. The summed E-state index contributed by atoms with van der Waals surface area (Å²) in [7, 11) is 1.93. The molecule has 4 nitrogen and oxygen atoms in total. The van der Waals surface area contributed by atoms with Crippen LogP contribution >= 0.6 is 0 Å². The largest absolute Gasteiger partial charge is 0.486 e. The van der Waals surface area contributed by atoms with Gasteiger partial charge in [-0.3, -0.25) is 0 Å². The van der Waals surface area contributed by atoms with Crippen molar-refractivity contribution in [2.24, 2.45) is 7.05 Å². The van der Waals surface area contributed by atoms with Gasteiger partial charge in [-0.1, -0.05) is 12.1 Å². The number of hydrogen-bond acceptors (Lipinski definition) is 3. The summed E-state index contributed by atoms with van der Waals surface area (Å²) in [5.74, 6) is 2.59. The average Bonchev–Trinajstić information content (AvgIpc) is 2.57. The van der Waals surface area contributed by atoms with Crippen molar-refractivity contribution >= 4 is 0 Å². The second-order valence-corrected chi connectivity index (χ2v) is 3.83. The molecule has 1 heterocycles. The van der Waals surface area contributed by atoms with Gasteiger partial charge in [0.15, 0.2) is 5.82 Å². The summed E-state index contributed by atoms with van der Waals surface area (Å²) < 4.78 is 7.57. The van der Waals surface area contributed by atoms with Gasteiger partial charge < -0.3 is 9.30 Å². The first kappa shape index (κ1) is 10.7. The lowest BCUT2D eigenvalue weighted by molar-refractivity contribution is 0.291. The van der Waals surface area contributed by atoms with E-state index in [2.05, 4.69) is 10.2 Å². The van der Waals surface area contributed by atoms with E-state index >= 15 is 0 Å². The number of rotatable bonds is 3. The lowest BCUT2D eigenvalue weighted by Crippen LogP contribution is -2.04. The molecule has 1 aromatic heterocycles. The molecule has 0 spiro atoms. The topological polar surface area (TPSA) is 39.9 Å². The number of aryl methyl sites for hydroxylation is 2. The molecular formula is C12H15N3O. The molecule has 0 aliphatic heterocycles. The van der Waals surface area contributed by atoms with Gasteiger partial charge in [0.05, 0.1) is 0 Å². The summed E-state index contributed by atoms with van der Waals surface area (Å²) in [6, 6.07) is 7.96. The van der Waals surface area contributed by atoms with Gasteiger partial charge in [-0.15, -0.1) is 10.2 Å². The van der Waals surface area contributed by atoms with Crippen LogP contribution < -0.4 is 4.74 Å². The van der Waals surface area contributed by atoms with Gasteiger partial charge in [0.25, 0.3) is 0 Å². The molecule has 0 saturated heterocycles. The van der Waals surface area contributed by atoms with Gasteiger partial charge in [0.1, 0.15) is 18.2 Å². The molecule has 0 N–H and O–H groups in total. The van der Waals surface area contributed by atoms with Crippen LogP contribution in [0.4, 0.5) is 0 Å². The van der Waals surface area contributed by atoms with Crippen molar-refractivity contribution in [3.63, 3.8) is 0 Å². The highest BCUT2D eigenvalue weighted by atomic mass is 16.5. The quantitative estimate of drug-likeness (QED) is 0.789. The van der Waals surface area contributed by atoms with E-state index in [-0.39, 0.29) is 0 Å². The highest BCUT2D eigenvalue weighted by Gasteiger charge is 2.05. The van der Waals surface area contributed by atoms with E-state index in [0.29, 0.717) is 6.61 Å². The summed E-state index contributed by atoms with van der Waals surface area (Å²) in [5.41, 5.74) is 1.19. The van der Waals surface area contributed by atoms with Crippen LogP contribution in [0.5, 0.6) is 5.75 Å². The van der Waals surface area contributed by atoms with Gasteiger partial charge in [0.2, 0.25) is 0 Å². The van der Waals surface area contributed by atoms with Crippen LogP contribution in [-0.4, -0.2) is 14.8 Å². The highest BCUT2D eigenvalue weighted by Crippen LogP contribution is 2.13. The predicted molar refractivity (Wildman–Crippen MR) is 61.3 cm³/mol. The molecule has 0 bridgehead atoms. The molecule has 0 unspecified atom stereocenters. The third-order valence-electron chi connectivity index (χ3n) is 2.54. The van der Waals surface area contributed by atoms with E-state index in [1.807, 2.05) is 49.7 Å². The summed E-state index contributed by atoms with van der Waals surface area (Å²) in [6.45, 7) is 4.41. The lowest BCUT2D eigenvalue weighted by Gasteiger charge is -2.06. The van der Waals surface area contributed by atoms with Crippen LogP contribution in [0.2, 0.25) is 0 Å². The molecule has 1 aromatic carbocycles. The van der Waals surface area contributed by atoms with Crippen LogP contribution in [-0.2, 0) is 13.7 Å². The molecule has 16 heavy (non-hydrogen) atoms. The zero-order valence-electron chi connectivity index (χ0n) is 9.77. The summed E-state index contributed by atoms with van der Waals surface area (Å²) in [5, 5.41) is 8.02. The molecule has 0 aliphatic carbocycles. The van der Waals surface area contributed by atoms with Gasteiger partial charge in [0, 0.05) is 7.05 Å². The van der Waals surface area contributed by atoms with Crippen molar-refractivity contribution in [1.82, 2.24) is 14.8 Å². The first-order valence-corrected chi connectivity index (χ1v) is 5.21. The fourth-order valence-electron chi connectivity index (χ4n) is 1.43. The normalized spacial score (nSPS) is 10.4. The highest BCUT2D eigenvalue weighted by molar-refractivity contribution is 5.27. The third kappa shape index (κ3) is 2.21. The fourth-order valence-corrected chi connectivity index (χ4v) is 1.43. The van der Waals surface area contributed by atoms with Crippen molar-refractivity contribution in [3.05, 3.63) is 41.5 Å². The molecule has 4 heteroatoms. The van der Waals surface area contributed by atoms with E-state index in [1.54, 1.807) is 0 Å². The van der Waals surface area contributed by atoms with E-state index in [4.69, 9.17) is 4.74 Å². The van der Waals surface area contributed by atoms with Crippen molar-refractivity contribution in [3.8, 4) is 5.75 Å². The van der Waals surface area contributed by atoms with Crippen molar-refractivity contribution in [1.29, 1.82) is 0 Å². The number of aromatic nitrogens is 3. The molecule has 2 rings (SSSR count). The van der Waals surface area contributed by atoms with Crippen molar-refractivity contribution in [2.45, 2.75) is 20.5 Å². The minimum Gasteiger partial charge on any atom is -0.486 e. The Morgan fingerprint density at radius 1 is 1.25 bits per heavy atom. The molecule has 0 radical (unpaired) electrons. The lowest BCUT2D eigenvalue weighted by atomic mass is 10.2. The van der Waals surface area contributed by atoms with Gasteiger partial charge in [-0.05, 0) is 31.5 Å². The molecule has 0 fully saturated rings. The molecular weight excluding hydrogens is 202 g/mol. The second kappa shape index (κ2) is 4.35. The van der Waals surface area contributed by atoms with Crippen LogP contribution in [0, 0.1) is 13.8 Å². The van der Waals surface area contributed by atoms with Gasteiger partial charge in [-0.2, -0.15) is 0 Å². The maximum atomic E-state index is 5.64. The minimum absolute atomic E-state index is 0.445. The molecule has 0 aliphatic rings. The zero-order valence-corrected chi connectivity index (χ0v) is 9.77.